The molecular weight excluding hydrogens is 1580 g/mol. The first kappa shape index (κ1) is 74.6. The number of anilines is 8. The van der Waals surface area contributed by atoms with Crippen LogP contribution in [0, 0.1) is 27.7 Å². The van der Waals surface area contributed by atoms with Crippen molar-refractivity contribution in [3.63, 3.8) is 0 Å². The average Bonchev–Trinajstić information content (AvgIpc) is 0.842. The maximum atomic E-state index is 12.8. The summed E-state index contributed by atoms with van der Waals surface area (Å²) in [6.07, 6.45) is -18.3. The molecule has 0 bridgehead atoms. The van der Waals surface area contributed by atoms with Crippen molar-refractivity contribution in [3.05, 3.63) is 282 Å². The Kier molecular flexibility index (Phi) is 24.3. The summed E-state index contributed by atoms with van der Waals surface area (Å²) in [4.78, 5) is 27.9. The van der Waals surface area contributed by atoms with Gasteiger partial charge in [0, 0.05) is 87.7 Å². The molecule has 0 atom stereocenters. The first-order valence-electron chi connectivity index (χ1n) is 29.5. The van der Waals surface area contributed by atoms with Gasteiger partial charge in [-0.2, -0.15) is 52.7 Å². The zero-order valence-electron chi connectivity index (χ0n) is 52.4. The molecule has 12 nitrogen and oxygen atoms in total. The van der Waals surface area contributed by atoms with Gasteiger partial charge in [-0.05, 0) is 169 Å². The molecule has 0 amide bonds. The average molecular weight is 1630 g/mol. The largest absolute Gasteiger partial charge is 0.451 e. The monoisotopic (exact) mass is 1630 g/mol. The van der Waals surface area contributed by atoms with E-state index in [1.165, 1.54) is 52.0 Å². The predicted octanol–water partition coefficient (Wildman–Crippen LogP) is 23.9. The molecule has 0 unspecified atom stereocenters. The molecule has 0 saturated heterocycles. The zero-order chi connectivity index (χ0) is 72.1. The van der Waals surface area contributed by atoms with Crippen LogP contribution in [-0.4, -0.2) is 39.9 Å². The van der Waals surface area contributed by atoms with E-state index < -0.39 is 48.0 Å². The summed E-state index contributed by atoms with van der Waals surface area (Å²) < 4.78 is 158. The van der Waals surface area contributed by atoms with Gasteiger partial charge in [0.2, 0.25) is 23.3 Å². The predicted molar refractivity (Wildman–Crippen MR) is 379 cm³/mol. The van der Waals surface area contributed by atoms with Gasteiger partial charge in [0.05, 0.1) is 0 Å². The Morgan fingerprint density at radius 3 is 0.500 bits per heavy atom. The van der Waals surface area contributed by atoms with E-state index >= 15 is 0 Å². The molecule has 0 spiro atoms. The fourth-order valence-corrected chi connectivity index (χ4v) is 10.2. The van der Waals surface area contributed by atoms with Gasteiger partial charge in [0.1, 0.15) is 23.3 Å². The van der Waals surface area contributed by atoms with E-state index in [1.807, 2.05) is 146 Å². The number of halogens is 16. The highest BCUT2D eigenvalue weighted by Gasteiger charge is 2.38. The summed E-state index contributed by atoms with van der Waals surface area (Å²) in [7, 11) is 0. The van der Waals surface area contributed by atoms with Gasteiger partial charge >= 0.3 is 24.7 Å². The summed E-state index contributed by atoms with van der Waals surface area (Å²) >= 11 is 13.6. The second-order valence-electron chi connectivity index (χ2n) is 21.7. The minimum absolute atomic E-state index is 0.108. The number of hydrogen-bond acceptors (Lipinski definition) is 12. The standard InChI is InChI=1S/4C18H13BrF3N3/c4*1-11-10-16(25-17(23-11)18(20,21)22)24-15-8-4-13(5-9-15)12-2-6-14(19)7-3-12/h4*2-10H,1H3,(H,23,24,25). The van der Waals surface area contributed by atoms with Crippen molar-refractivity contribution >= 4 is 110 Å². The van der Waals surface area contributed by atoms with Crippen molar-refractivity contribution in [2.45, 2.75) is 52.4 Å². The van der Waals surface area contributed by atoms with Crippen LogP contribution in [0.3, 0.4) is 0 Å². The number of nitrogens with zero attached hydrogens (tertiary/aromatic N) is 8. The molecule has 0 aliphatic carbocycles. The molecule has 8 aromatic carbocycles. The Hall–Kier alpha value is -9.64. The maximum absolute atomic E-state index is 12.8. The number of alkyl halides is 12. The fourth-order valence-electron chi connectivity index (χ4n) is 9.18. The second-order valence-corrected chi connectivity index (χ2v) is 25.4. The number of hydrogen-bond donors (Lipinski definition) is 4. The summed E-state index contributed by atoms with van der Waals surface area (Å²) in [6.45, 7) is 5.99. The van der Waals surface area contributed by atoms with E-state index in [1.54, 1.807) is 48.5 Å². The minimum atomic E-state index is -4.58. The normalized spacial score (nSPS) is 11.4. The second kappa shape index (κ2) is 32.6. The van der Waals surface area contributed by atoms with Crippen LogP contribution in [-0.2, 0) is 24.7 Å². The van der Waals surface area contributed by atoms with Crippen LogP contribution in [0.2, 0.25) is 0 Å². The van der Waals surface area contributed by atoms with Crippen molar-refractivity contribution in [2.75, 3.05) is 21.3 Å². The van der Waals surface area contributed by atoms with Crippen LogP contribution in [0.15, 0.2) is 236 Å². The third-order valence-corrected chi connectivity index (χ3v) is 15.9. The smallest absolute Gasteiger partial charge is 0.340 e. The van der Waals surface area contributed by atoms with Gasteiger partial charge in [0.15, 0.2) is 0 Å². The van der Waals surface area contributed by atoms with Gasteiger partial charge in [-0.3, -0.25) is 0 Å². The zero-order valence-corrected chi connectivity index (χ0v) is 58.8. The molecule has 0 aliphatic rings. The van der Waals surface area contributed by atoms with Gasteiger partial charge in [-0.1, -0.05) is 161 Å². The molecule has 100 heavy (non-hydrogen) atoms. The molecule has 4 N–H and O–H groups in total. The number of benzene rings is 8. The van der Waals surface area contributed by atoms with Gasteiger partial charge in [0.25, 0.3) is 0 Å². The molecule has 0 fully saturated rings. The SMILES string of the molecule is Cc1cc(Nc2ccc(-c3ccc(Br)cc3)cc2)nc(C(F)(F)F)n1.Cc1cc(Nc2ccc(-c3ccc(Br)cc3)cc2)nc(C(F)(F)F)n1.Cc1cc(Nc2ccc(-c3ccc(Br)cc3)cc2)nc(C(F)(F)F)n1.Cc1cc(Nc2ccc(-c3ccc(Br)cc3)cc2)nc(C(F)(F)F)n1. The maximum Gasteiger partial charge on any atom is 0.451 e. The first-order valence-corrected chi connectivity index (χ1v) is 32.7. The number of nitrogens with one attached hydrogen (secondary N) is 4. The molecule has 0 aliphatic heterocycles. The van der Waals surface area contributed by atoms with Crippen LogP contribution in [0.25, 0.3) is 44.5 Å². The lowest BCUT2D eigenvalue weighted by molar-refractivity contribution is -0.145. The third kappa shape index (κ3) is 22.2. The summed E-state index contributed by atoms with van der Waals surface area (Å²) in [5, 5.41) is 11.5. The van der Waals surface area contributed by atoms with Gasteiger partial charge in [-0.25, -0.2) is 39.9 Å². The molecule has 4 heterocycles. The van der Waals surface area contributed by atoms with Crippen LogP contribution in [0.5, 0.6) is 0 Å². The van der Waals surface area contributed by atoms with E-state index in [2.05, 4.69) is 125 Å². The summed E-state index contributed by atoms with van der Waals surface area (Å²) in [5.41, 5.74) is 11.8. The molecule has 512 valence electrons. The molecular formula is C72H52Br4F12N12. The van der Waals surface area contributed by atoms with E-state index in [9.17, 15) is 52.7 Å². The highest BCUT2D eigenvalue weighted by atomic mass is 79.9. The van der Waals surface area contributed by atoms with Crippen LogP contribution in [0.4, 0.5) is 98.7 Å². The van der Waals surface area contributed by atoms with Crippen molar-refractivity contribution in [1.82, 2.24) is 39.9 Å². The van der Waals surface area contributed by atoms with Crippen LogP contribution in [0.1, 0.15) is 46.1 Å². The Bertz CT molecular complexity index is 4100. The number of aromatic nitrogens is 8. The van der Waals surface area contributed by atoms with E-state index in [0.717, 1.165) is 62.4 Å². The van der Waals surface area contributed by atoms with E-state index in [-0.39, 0.29) is 46.0 Å². The Balaban J connectivity index is 0.000000156. The summed E-state index contributed by atoms with van der Waals surface area (Å²) in [5.74, 6) is -4.18. The Morgan fingerprint density at radius 1 is 0.220 bits per heavy atom. The highest BCUT2D eigenvalue weighted by molar-refractivity contribution is 9.11. The molecule has 12 rings (SSSR count). The van der Waals surface area contributed by atoms with Gasteiger partial charge in [-0.15, -0.1) is 0 Å². The topological polar surface area (TPSA) is 151 Å². The van der Waals surface area contributed by atoms with E-state index in [0.29, 0.717) is 22.7 Å². The minimum Gasteiger partial charge on any atom is -0.340 e. The van der Waals surface area contributed by atoms with Crippen LogP contribution < -0.4 is 21.3 Å². The molecule has 0 saturated carbocycles. The molecule has 12 aromatic rings. The lowest BCUT2D eigenvalue weighted by Gasteiger charge is -2.11. The number of aryl methyl sites for hydroxylation is 4. The highest BCUT2D eigenvalue weighted by Crippen LogP contribution is 2.35. The Labute approximate surface area is 598 Å². The van der Waals surface area contributed by atoms with Crippen LogP contribution >= 0.6 is 63.7 Å². The molecule has 0 radical (unpaired) electrons. The first-order chi connectivity index (χ1) is 47.2. The van der Waals surface area contributed by atoms with Crippen molar-refractivity contribution in [2.24, 2.45) is 0 Å². The van der Waals surface area contributed by atoms with Gasteiger partial charge < -0.3 is 21.3 Å². The summed E-state index contributed by atoms with van der Waals surface area (Å²) in [6, 6.07) is 66.8. The van der Waals surface area contributed by atoms with Crippen molar-refractivity contribution in [1.29, 1.82) is 0 Å². The fraction of sp³-hybridized carbons (Fsp3) is 0.111. The third-order valence-electron chi connectivity index (χ3n) is 13.8. The lowest BCUT2D eigenvalue weighted by atomic mass is 10.1. The number of rotatable bonds is 12. The molecule has 4 aromatic heterocycles. The van der Waals surface area contributed by atoms with Crippen molar-refractivity contribution in [3.8, 4) is 44.5 Å². The lowest BCUT2D eigenvalue weighted by Crippen LogP contribution is -2.13. The van der Waals surface area contributed by atoms with Crippen molar-refractivity contribution < 1.29 is 52.7 Å². The molecule has 28 heteroatoms. The Morgan fingerprint density at radius 2 is 0.360 bits per heavy atom. The quantitative estimate of drug-likeness (QED) is 0.0862. The van der Waals surface area contributed by atoms with E-state index in [4.69, 9.17) is 0 Å².